The predicted octanol–water partition coefficient (Wildman–Crippen LogP) is 5.42. The van der Waals surface area contributed by atoms with Crippen LogP contribution in [-0.4, -0.2) is 47.0 Å². The smallest absolute Gasteiger partial charge is 0.257 e. The van der Waals surface area contributed by atoms with Crippen molar-refractivity contribution in [3.63, 3.8) is 0 Å². The second-order valence-electron chi connectivity index (χ2n) is 7.66. The number of benzene rings is 3. The molecular weight excluding hydrogens is 461 g/mol. The van der Waals surface area contributed by atoms with Crippen LogP contribution in [-0.2, 0) is 0 Å². The second-order valence-corrected chi connectivity index (χ2v) is 8.92. The summed E-state index contributed by atoms with van der Waals surface area (Å²) in [5.41, 5.74) is 2.92. The molecule has 1 fully saturated rings. The highest BCUT2D eigenvalue weighted by Gasteiger charge is 2.27. The van der Waals surface area contributed by atoms with Crippen LogP contribution >= 0.6 is 35.4 Å². The molecule has 1 amide bonds. The van der Waals surface area contributed by atoms with Gasteiger partial charge in [-0.2, -0.15) is 0 Å². The maximum atomic E-state index is 12.6. The molecule has 1 heterocycles. The highest BCUT2D eigenvalue weighted by Crippen LogP contribution is 2.29. The number of carbonyl (C=O) groups is 1. The lowest BCUT2D eigenvalue weighted by Crippen LogP contribution is -2.53. The first-order valence-corrected chi connectivity index (χ1v) is 11.6. The third kappa shape index (κ3) is 5.48. The van der Waals surface area contributed by atoms with Gasteiger partial charge in [0.1, 0.15) is 0 Å². The van der Waals surface area contributed by atoms with E-state index in [1.165, 1.54) is 11.1 Å². The van der Waals surface area contributed by atoms with E-state index in [-0.39, 0.29) is 11.9 Å². The summed E-state index contributed by atoms with van der Waals surface area (Å²) < 4.78 is 0. The first kappa shape index (κ1) is 22.7. The number of carbonyl (C=O) groups excluding carboxylic acids is 1. The average Bonchev–Trinajstić information content (AvgIpc) is 2.80. The fourth-order valence-corrected chi connectivity index (χ4v) is 4.80. The SMILES string of the molecule is O=C(NC(=S)N1CCN(C(c2ccccc2)c2ccccc2)CC1)c1cc(Cl)cc(Cl)c1. The van der Waals surface area contributed by atoms with Crippen molar-refractivity contribution >= 4 is 46.4 Å². The second kappa shape index (κ2) is 10.5. The first-order valence-electron chi connectivity index (χ1n) is 10.4. The molecule has 4 nitrogen and oxygen atoms in total. The number of hydrogen-bond donors (Lipinski definition) is 1. The van der Waals surface area contributed by atoms with Crippen LogP contribution in [0.15, 0.2) is 78.9 Å². The Bertz CT molecular complexity index is 1030. The molecule has 3 aromatic carbocycles. The standard InChI is InChI=1S/C25H23Cl2N3OS/c26-21-15-20(16-22(27)17-21)24(31)28-25(32)30-13-11-29(12-14-30)23(18-7-3-1-4-8-18)19-9-5-2-6-10-19/h1-10,15-17,23H,11-14H2,(H,28,31,32). The average molecular weight is 484 g/mol. The Labute approximate surface area is 203 Å². The van der Waals surface area contributed by atoms with E-state index in [9.17, 15) is 4.79 Å². The molecule has 0 bridgehead atoms. The van der Waals surface area contributed by atoms with Crippen molar-refractivity contribution in [3.8, 4) is 0 Å². The maximum absolute atomic E-state index is 12.6. The van der Waals surface area contributed by atoms with E-state index in [2.05, 4.69) is 58.7 Å². The molecule has 0 radical (unpaired) electrons. The van der Waals surface area contributed by atoms with Crippen LogP contribution in [0.1, 0.15) is 27.5 Å². The van der Waals surface area contributed by atoms with Gasteiger partial charge in [0.15, 0.2) is 5.11 Å². The molecular formula is C25H23Cl2N3OS. The Hall–Kier alpha value is -2.44. The normalized spacial score (nSPS) is 14.4. The van der Waals surface area contributed by atoms with Gasteiger partial charge in [-0.05, 0) is 41.5 Å². The van der Waals surface area contributed by atoms with Crippen LogP contribution in [0.3, 0.4) is 0 Å². The summed E-state index contributed by atoms with van der Waals surface area (Å²) in [4.78, 5) is 17.1. The van der Waals surface area contributed by atoms with Gasteiger partial charge >= 0.3 is 0 Å². The van der Waals surface area contributed by atoms with Gasteiger partial charge in [0.05, 0.1) is 6.04 Å². The molecule has 4 rings (SSSR count). The molecule has 0 aliphatic carbocycles. The van der Waals surface area contributed by atoms with Gasteiger partial charge in [0.2, 0.25) is 0 Å². The zero-order chi connectivity index (χ0) is 22.5. The monoisotopic (exact) mass is 483 g/mol. The number of hydrogen-bond acceptors (Lipinski definition) is 3. The van der Waals surface area contributed by atoms with Crippen LogP contribution in [0.5, 0.6) is 0 Å². The fourth-order valence-electron chi connectivity index (χ4n) is 4.00. The number of nitrogens with zero attached hydrogens (tertiary/aromatic N) is 2. The quantitative estimate of drug-likeness (QED) is 0.502. The van der Waals surface area contributed by atoms with Crippen molar-refractivity contribution in [2.45, 2.75) is 6.04 Å². The largest absolute Gasteiger partial charge is 0.346 e. The third-order valence-electron chi connectivity index (χ3n) is 5.54. The van der Waals surface area contributed by atoms with E-state index < -0.39 is 0 Å². The highest BCUT2D eigenvalue weighted by atomic mass is 35.5. The number of nitrogens with one attached hydrogen (secondary N) is 1. The number of amides is 1. The molecule has 164 valence electrons. The summed E-state index contributed by atoms with van der Waals surface area (Å²) in [7, 11) is 0. The summed E-state index contributed by atoms with van der Waals surface area (Å²) in [6, 6.07) is 26.0. The number of thiocarbonyl (C=S) groups is 1. The van der Waals surface area contributed by atoms with Crippen molar-refractivity contribution in [2.75, 3.05) is 26.2 Å². The van der Waals surface area contributed by atoms with Crippen molar-refractivity contribution in [1.82, 2.24) is 15.1 Å². The number of halogens is 2. The Morgan fingerprint density at radius 1 is 0.812 bits per heavy atom. The maximum Gasteiger partial charge on any atom is 0.257 e. The molecule has 0 aromatic heterocycles. The molecule has 0 saturated carbocycles. The van der Waals surface area contributed by atoms with Gasteiger partial charge in [0.25, 0.3) is 5.91 Å². The van der Waals surface area contributed by atoms with E-state index in [1.54, 1.807) is 18.2 Å². The van der Waals surface area contributed by atoms with E-state index in [1.807, 2.05) is 17.0 Å². The fraction of sp³-hybridized carbons (Fsp3) is 0.200. The molecule has 0 atom stereocenters. The lowest BCUT2D eigenvalue weighted by Gasteiger charge is -2.40. The molecule has 1 saturated heterocycles. The van der Waals surface area contributed by atoms with Crippen LogP contribution in [0.4, 0.5) is 0 Å². The number of rotatable bonds is 4. The van der Waals surface area contributed by atoms with Gasteiger partial charge in [-0.1, -0.05) is 83.9 Å². The van der Waals surface area contributed by atoms with Gasteiger partial charge in [-0.15, -0.1) is 0 Å². The van der Waals surface area contributed by atoms with Gasteiger partial charge < -0.3 is 4.90 Å². The first-order chi connectivity index (χ1) is 15.5. The minimum absolute atomic E-state index is 0.177. The summed E-state index contributed by atoms with van der Waals surface area (Å²) >= 11 is 17.5. The Morgan fingerprint density at radius 2 is 1.31 bits per heavy atom. The number of piperazine rings is 1. The molecule has 0 spiro atoms. The topological polar surface area (TPSA) is 35.6 Å². The van der Waals surface area contributed by atoms with E-state index >= 15 is 0 Å². The molecule has 0 unspecified atom stereocenters. The van der Waals surface area contributed by atoms with E-state index in [0.29, 0.717) is 20.7 Å². The zero-order valence-electron chi connectivity index (χ0n) is 17.4. The molecule has 3 aromatic rings. The third-order valence-corrected chi connectivity index (χ3v) is 6.34. The molecule has 1 N–H and O–H groups in total. The summed E-state index contributed by atoms with van der Waals surface area (Å²) in [5, 5.41) is 4.05. The molecule has 32 heavy (non-hydrogen) atoms. The Morgan fingerprint density at radius 3 is 1.81 bits per heavy atom. The lowest BCUT2D eigenvalue weighted by molar-refractivity contribution is 0.0967. The van der Waals surface area contributed by atoms with Crippen LogP contribution in [0.2, 0.25) is 10.0 Å². The molecule has 7 heteroatoms. The molecule has 1 aliphatic heterocycles. The van der Waals surface area contributed by atoms with Crippen molar-refractivity contribution in [3.05, 3.63) is 106 Å². The van der Waals surface area contributed by atoms with E-state index in [0.717, 1.165) is 26.2 Å². The summed E-state index contributed by atoms with van der Waals surface area (Å²) in [6.07, 6.45) is 0. The van der Waals surface area contributed by atoms with Gasteiger partial charge in [-0.25, -0.2) is 0 Å². The Balaban J connectivity index is 1.42. The summed E-state index contributed by atoms with van der Waals surface area (Å²) in [6.45, 7) is 3.11. The minimum Gasteiger partial charge on any atom is -0.346 e. The predicted molar refractivity (Wildman–Crippen MR) is 134 cm³/mol. The van der Waals surface area contributed by atoms with E-state index in [4.69, 9.17) is 35.4 Å². The molecule has 1 aliphatic rings. The zero-order valence-corrected chi connectivity index (χ0v) is 19.7. The van der Waals surface area contributed by atoms with Crippen molar-refractivity contribution in [1.29, 1.82) is 0 Å². The van der Waals surface area contributed by atoms with Gasteiger partial charge in [-0.3, -0.25) is 15.0 Å². The van der Waals surface area contributed by atoms with Gasteiger partial charge in [0, 0.05) is 41.8 Å². The van der Waals surface area contributed by atoms with Crippen LogP contribution < -0.4 is 5.32 Å². The van der Waals surface area contributed by atoms with Crippen molar-refractivity contribution < 1.29 is 4.79 Å². The summed E-state index contributed by atoms with van der Waals surface area (Å²) in [5.74, 6) is -0.312. The van der Waals surface area contributed by atoms with Crippen molar-refractivity contribution in [2.24, 2.45) is 0 Å². The highest BCUT2D eigenvalue weighted by molar-refractivity contribution is 7.80. The minimum atomic E-state index is -0.312. The van der Waals surface area contributed by atoms with Crippen LogP contribution in [0.25, 0.3) is 0 Å². The van der Waals surface area contributed by atoms with Crippen LogP contribution in [0, 0.1) is 0 Å². The Kier molecular flexibility index (Phi) is 7.43. The lowest BCUT2D eigenvalue weighted by atomic mass is 9.96.